The standard InChI is InChI=1S/C14H17BrF3N3O3S/c15-9-1-2-12(11(7-9)14(16,17)18)25(23,24)20-10-3-5-21(6-4-10)8-13(19)22/h1-2,7,10,20H,3-6,8H2,(H2,19,22). The van der Waals surface area contributed by atoms with Gasteiger partial charge in [-0.15, -0.1) is 0 Å². The lowest BCUT2D eigenvalue weighted by molar-refractivity contribution is -0.140. The Morgan fingerprint density at radius 2 is 1.92 bits per heavy atom. The monoisotopic (exact) mass is 443 g/mol. The van der Waals surface area contributed by atoms with Gasteiger partial charge in [-0.05, 0) is 31.0 Å². The Labute approximate surface area is 151 Å². The maximum atomic E-state index is 13.1. The number of sulfonamides is 1. The van der Waals surface area contributed by atoms with Crippen LogP contribution in [0.3, 0.4) is 0 Å². The first kappa shape index (κ1) is 20.1. The molecule has 1 amide bonds. The maximum Gasteiger partial charge on any atom is 0.417 e. The second-order valence-corrected chi connectivity index (χ2v) is 8.37. The number of hydrogen-bond donors (Lipinski definition) is 2. The molecular formula is C14H17BrF3N3O3S. The average Bonchev–Trinajstić information content (AvgIpc) is 2.47. The zero-order valence-corrected chi connectivity index (χ0v) is 15.4. The number of likely N-dealkylation sites (tertiary alicyclic amines) is 1. The lowest BCUT2D eigenvalue weighted by Crippen LogP contribution is -2.46. The zero-order chi connectivity index (χ0) is 18.8. The van der Waals surface area contributed by atoms with Gasteiger partial charge in [-0.2, -0.15) is 13.2 Å². The number of nitrogens with zero attached hydrogens (tertiary/aromatic N) is 1. The van der Waals surface area contributed by atoms with Crippen LogP contribution in [0.2, 0.25) is 0 Å². The summed E-state index contributed by atoms with van der Waals surface area (Å²) in [6, 6.07) is 2.42. The van der Waals surface area contributed by atoms with Gasteiger partial charge in [0.05, 0.1) is 17.0 Å². The van der Waals surface area contributed by atoms with Crippen molar-refractivity contribution in [3.63, 3.8) is 0 Å². The Balaban J connectivity index is 2.15. The quantitative estimate of drug-likeness (QED) is 0.723. The predicted octanol–water partition coefficient (Wildman–Crippen LogP) is 1.70. The Kier molecular flexibility index (Phi) is 6.13. The highest BCUT2D eigenvalue weighted by Crippen LogP contribution is 2.36. The predicted molar refractivity (Wildman–Crippen MR) is 88.1 cm³/mol. The molecule has 0 aromatic heterocycles. The maximum absolute atomic E-state index is 13.1. The highest BCUT2D eigenvalue weighted by Gasteiger charge is 2.38. The highest BCUT2D eigenvalue weighted by atomic mass is 79.9. The van der Waals surface area contributed by atoms with E-state index in [1.165, 1.54) is 6.07 Å². The third-order valence-electron chi connectivity index (χ3n) is 3.83. The number of hydrogen-bond acceptors (Lipinski definition) is 4. The summed E-state index contributed by atoms with van der Waals surface area (Å²) in [5.74, 6) is -0.483. The molecule has 0 radical (unpaired) electrons. The summed E-state index contributed by atoms with van der Waals surface area (Å²) < 4.78 is 66.8. The van der Waals surface area contributed by atoms with Crippen LogP contribution < -0.4 is 10.5 Å². The van der Waals surface area contributed by atoms with Gasteiger partial charge in [0, 0.05) is 23.6 Å². The second kappa shape index (κ2) is 7.60. The third-order valence-corrected chi connectivity index (χ3v) is 5.90. The smallest absolute Gasteiger partial charge is 0.369 e. The molecule has 140 valence electrons. The second-order valence-electron chi connectivity index (χ2n) is 5.78. The topological polar surface area (TPSA) is 92.5 Å². The first-order chi connectivity index (χ1) is 11.5. The average molecular weight is 444 g/mol. The number of halogens is 4. The van der Waals surface area contributed by atoms with Crippen LogP contribution in [0.25, 0.3) is 0 Å². The van der Waals surface area contributed by atoms with Crippen LogP contribution in [0.5, 0.6) is 0 Å². The SMILES string of the molecule is NC(=O)CN1CCC(NS(=O)(=O)c2ccc(Br)cc2C(F)(F)F)CC1. The molecule has 6 nitrogen and oxygen atoms in total. The number of alkyl halides is 3. The molecule has 1 saturated heterocycles. The number of carbonyl (C=O) groups excluding carboxylic acids is 1. The van der Waals surface area contributed by atoms with E-state index in [0.717, 1.165) is 12.1 Å². The summed E-state index contributed by atoms with van der Waals surface area (Å²) in [7, 11) is -4.33. The fraction of sp³-hybridized carbons (Fsp3) is 0.500. The van der Waals surface area contributed by atoms with Crippen LogP contribution in [-0.2, 0) is 21.0 Å². The van der Waals surface area contributed by atoms with Gasteiger partial charge in [0.25, 0.3) is 0 Å². The van der Waals surface area contributed by atoms with E-state index in [9.17, 15) is 26.4 Å². The minimum Gasteiger partial charge on any atom is -0.369 e. The molecule has 1 aliphatic rings. The first-order valence-electron chi connectivity index (χ1n) is 7.39. The number of carbonyl (C=O) groups is 1. The van der Waals surface area contributed by atoms with Gasteiger partial charge in [-0.3, -0.25) is 9.69 Å². The number of primary amides is 1. The van der Waals surface area contributed by atoms with Gasteiger partial charge >= 0.3 is 6.18 Å². The van der Waals surface area contributed by atoms with Crippen LogP contribution in [0.4, 0.5) is 13.2 Å². The summed E-state index contributed by atoms with van der Waals surface area (Å²) >= 11 is 2.92. The molecule has 25 heavy (non-hydrogen) atoms. The van der Waals surface area contributed by atoms with Crippen LogP contribution in [0.1, 0.15) is 18.4 Å². The molecule has 0 spiro atoms. The molecule has 0 atom stereocenters. The lowest BCUT2D eigenvalue weighted by Gasteiger charge is -2.31. The number of amides is 1. The van der Waals surface area contributed by atoms with Crippen LogP contribution in [0.15, 0.2) is 27.6 Å². The van der Waals surface area contributed by atoms with E-state index in [1.54, 1.807) is 4.90 Å². The van der Waals surface area contributed by atoms with Crippen LogP contribution in [-0.4, -0.2) is 44.9 Å². The molecule has 0 aliphatic carbocycles. The number of piperidine rings is 1. The summed E-state index contributed by atoms with van der Waals surface area (Å²) in [5.41, 5.74) is 3.88. The number of nitrogens with one attached hydrogen (secondary N) is 1. The Bertz CT molecular complexity index is 747. The Hall–Kier alpha value is -1.17. The highest BCUT2D eigenvalue weighted by molar-refractivity contribution is 9.10. The van der Waals surface area contributed by atoms with Crippen molar-refractivity contribution in [2.45, 2.75) is 30.0 Å². The van der Waals surface area contributed by atoms with Crippen molar-refractivity contribution in [3.8, 4) is 0 Å². The van der Waals surface area contributed by atoms with E-state index in [4.69, 9.17) is 5.73 Å². The van der Waals surface area contributed by atoms with Crippen molar-refractivity contribution < 1.29 is 26.4 Å². The lowest BCUT2D eigenvalue weighted by atomic mass is 10.1. The molecule has 3 N–H and O–H groups in total. The van der Waals surface area contributed by atoms with E-state index < -0.39 is 38.6 Å². The molecule has 0 bridgehead atoms. The fourth-order valence-electron chi connectivity index (χ4n) is 2.67. The number of benzene rings is 1. The number of rotatable bonds is 5. The van der Waals surface area contributed by atoms with Crippen molar-refractivity contribution >= 4 is 31.9 Å². The zero-order valence-electron chi connectivity index (χ0n) is 13.0. The van der Waals surface area contributed by atoms with Gasteiger partial charge in [0.2, 0.25) is 15.9 Å². The molecule has 11 heteroatoms. The molecule has 1 aliphatic heterocycles. The molecular weight excluding hydrogens is 427 g/mol. The van der Waals surface area contributed by atoms with Crippen molar-refractivity contribution in [1.82, 2.24) is 9.62 Å². The normalized spacial score (nSPS) is 17.6. The molecule has 1 heterocycles. The minimum atomic E-state index is -4.79. The third kappa shape index (κ3) is 5.40. The molecule has 1 aromatic carbocycles. The minimum absolute atomic E-state index is 0.0738. The van der Waals surface area contributed by atoms with Crippen molar-refractivity contribution in [1.29, 1.82) is 0 Å². The van der Waals surface area contributed by atoms with Gasteiger partial charge < -0.3 is 5.73 Å². The van der Waals surface area contributed by atoms with E-state index in [1.807, 2.05) is 0 Å². The largest absolute Gasteiger partial charge is 0.417 e. The van der Waals surface area contributed by atoms with Crippen LogP contribution >= 0.6 is 15.9 Å². The van der Waals surface area contributed by atoms with Crippen molar-refractivity contribution in [2.24, 2.45) is 5.73 Å². The molecule has 1 aromatic rings. The molecule has 0 unspecified atom stereocenters. The van der Waals surface area contributed by atoms with Crippen molar-refractivity contribution in [3.05, 3.63) is 28.2 Å². The first-order valence-corrected chi connectivity index (χ1v) is 9.66. The van der Waals surface area contributed by atoms with Gasteiger partial charge in [0.15, 0.2) is 0 Å². The summed E-state index contributed by atoms with van der Waals surface area (Å²) in [6.07, 6.45) is -4.03. The van der Waals surface area contributed by atoms with E-state index in [-0.39, 0.29) is 11.0 Å². The van der Waals surface area contributed by atoms with Gasteiger partial charge in [-0.25, -0.2) is 13.1 Å². The molecule has 0 saturated carbocycles. The van der Waals surface area contributed by atoms with E-state index in [2.05, 4.69) is 20.7 Å². The fourth-order valence-corrected chi connectivity index (χ4v) is 4.54. The Morgan fingerprint density at radius 1 is 1.32 bits per heavy atom. The summed E-state index contributed by atoms with van der Waals surface area (Å²) in [4.78, 5) is 11.8. The number of nitrogens with two attached hydrogens (primary N) is 1. The molecule has 2 rings (SSSR count). The van der Waals surface area contributed by atoms with Gasteiger partial charge in [-0.1, -0.05) is 15.9 Å². The summed E-state index contributed by atoms with van der Waals surface area (Å²) in [5, 5.41) is 0. The van der Waals surface area contributed by atoms with Crippen LogP contribution in [0, 0.1) is 0 Å². The van der Waals surface area contributed by atoms with Crippen molar-refractivity contribution in [2.75, 3.05) is 19.6 Å². The van der Waals surface area contributed by atoms with E-state index in [0.29, 0.717) is 25.9 Å². The van der Waals surface area contributed by atoms with E-state index >= 15 is 0 Å². The summed E-state index contributed by atoms with van der Waals surface area (Å²) in [6.45, 7) is 0.940. The van der Waals surface area contributed by atoms with Gasteiger partial charge in [0.1, 0.15) is 0 Å². The molecule has 1 fully saturated rings. The Morgan fingerprint density at radius 3 is 2.44 bits per heavy atom.